The number of benzene rings is 3. The summed E-state index contributed by atoms with van der Waals surface area (Å²) in [6, 6.07) is 25.8. The number of pyridine rings is 1. The second-order valence-electron chi connectivity index (χ2n) is 13.1. The average molecular weight is 721 g/mol. The number of nitrogens with zero attached hydrogens (tertiary/aromatic N) is 1. The average Bonchev–Trinajstić information content (AvgIpc) is 3.82. The number of aryl methyl sites for hydroxylation is 1. The van der Waals surface area contributed by atoms with Crippen LogP contribution in [0.1, 0.15) is 72.7 Å². The van der Waals surface area contributed by atoms with Crippen molar-refractivity contribution in [3.8, 4) is 0 Å². The number of thioether (sulfide) groups is 2. The lowest BCUT2D eigenvalue weighted by Gasteiger charge is -2.24. The van der Waals surface area contributed by atoms with Gasteiger partial charge in [0, 0.05) is 27.2 Å². The standard InChI is InChI=1S/C35H36ClNO3S.C4H9NO2S/c1-34(2,40)30-9-4-3-7-25(30)13-17-32(41-23-35(18-19-35)22-33(38)39)27-8-5-6-24(20-27)10-15-29-16-12-26-11-14-28(36)21-31(26)37-29;1-8-2-3(5)4(6)7/h3-12,14-16,20-21,32,40H,13,17-19,22-23H2,1-2H3,(H,38,39);3H,2,5H2,1H3,(H,6,7)/b15-10+;/t32-;3-/m10/s1. The molecule has 1 aliphatic rings. The van der Waals surface area contributed by atoms with Crippen molar-refractivity contribution in [2.24, 2.45) is 11.1 Å². The van der Waals surface area contributed by atoms with Crippen LogP contribution >= 0.6 is 35.1 Å². The smallest absolute Gasteiger partial charge is 0.321 e. The number of carboxylic acid groups (broad SMARTS) is 2. The summed E-state index contributed by atoms with van der Waals surface area (Å²) < 4.78 is 0. The van der Waals surface area contributed by atoms with E-state index < -0.39 is 23.6 Å². The maximum Gasteiger partial charge on any atom is 0.321 e. The molecule has 0 aliphatic heterocycles. The van der Waals surface area contributed by atoms with Crippen LogP contribution in [0, 0.1) is 5.41 Å². The first kappa shape index (κ1) is 38.5. The van der Waals surface area contributed by atoms with E-state index in [4.69, 9.17) is 27.4 Å². The van der Waals surface area contributed by atoms with Gasteiger partial charge in [0.2, 0.25) is 0 Å². The number of aromatic nitrogens is 1. The van der Waals surface area contributed by atoms with Gasteiger partial charge in [0.15, 0.2) is 0 Å². The van der Waals surface area contributed by atoms with E-state index in [0.29, 0.717) is 10.8 Å². The van der Waals surface area contributed by atoms with Crippen LogP contribution in [0.25, 0.3) is 23.1 Å². The topological polar surface area (TPSA) is 134 Å². The van der Waals surface area contributed by atoms with Crippen LogP contribution < -0.4 is 5.73 Å². The number of rotatable bonds is 15. The summed E-state index contributed by atoms with van der Waals surface area (Å²) in [6.07, 6.45) is 9.84. The van der Waals surface area contributed by atoms with Gasteiger partial charge < -0.3 is 21.1 Å². The highest BCUT2D eigenvalue weighted by molar-refractivity contribution is 7.99. The first-order valence-corrected chi connectivity index (χ1v) is 19.1. The Kier molecular flexibility index (Phi) is 13.8. The predicted molar refractivity (Wildman–Crippen MR) is 205 cm³/mol. The van der Waals surface area contributed by atoms with Crippen LogP contribution in [0.15, 0.2) is 78.9 Å². The van der Waals surface area contributed by atoms with E-state index in [9.17, 15) is 19.8 Å². The summed E-state index contributed by atoms with van der Waals surface area (Å²) >= 11 is 9.47. The number of carbonyl (C=O) groups is 2. The Morgan fingerprint density at radius 3 is 2.41 bits per heavy atom. The molecule has 1 heterocycles. The summed E-state index contributed by atoms with van der Waals surface area (Å²) in [5.41, 5.74) is 10.3. The fourth-order valence-electron chi connectivity index (χ4n) is 5.61. The van der Waals surface area contributed by atoms with E-state index in [1.165, 1.54) is 17.3 Å². The fourth-order valence-corrected chi connectivity index (χ4v) is 7.85. The van der Waals surface area contributed by atoms with E-state index >= 15 is 0 Å². The van der Waals surface area contributed by atoms with E-state index in [2.05, 4.69) is 42.5 Å². The van der Waals surface area contributed by atoms with E-state index in [-0.39, 0.29) is 17.1 Å². The van der Waals surface area contributed by atoms with Crippen molar-refractivity contribution in [1.29, 1.82) is 0 Å². The van der Waals surface area contributed by atoms with Crippen molar-refractivity contribution >= 4 is 70.1 Å². The van der Waals surface area contributed by atoms with Crippen molar-refractivity contribution in [3.05, 3.63) is 112 Å². The van der Waals surface area contributed by atoms with Crippen molar-refractivity contribution in [1.82, 2.24) is 4.98 Å². The molecular formula is C39H45ClN2O5S2. The molecule has 0 amide bonds. The molecule has 0 radical (unpaired) electrons. The molecule has 5 N–H and O–H groups in total. The molecule has 3 aromatic carbocycles. The summed E-state index contributed by atoms with van der Waals surface area (Å²) in [5.74, 6) is -0.328. The summed E-state index contributed by atoms with van der Waals surface area (Å²) in [5, 5.41) is 30.3. The van der Waals surface area contributed by atoms with Gasteiger partial charge in [-0.2, -0.15) is 23.5 Å². The second kappa shape index (κ2) is 17.5. The Bertz CT molecular complexity index is 1770. The number of hydrogen-bond donors (Lipinski definition) is 4. The highest BCUT2D eigenvalue weighted by Gasteiger charge is 2.44. The minimum absolute atomic E-state index is 0.0814. The lowest BCUT2D eigenvalue weighted by atomic mass is 9.90. The maximum atomic E-state index is 11.5. The first-order chi connectivity index (χ1) is 23.3. The lowest BCUT2D eigenvalue weighted by Crippen LogP contribution is -2.32. The van der Waals surface area contributed by atoms with Gasteiger partial charge in [-0.05, 0) is 97.7 Å². The molecule has 260 valence electrons. The third kappa shape index (κ3) is 11.9. The van der Waals surface area contributed by atoms with E-state index in [1.807, 2.05) is 80.4 Å². The molecule has 1 fully saturated rings. The number of fused-ring (bicyclic) bond motifs is 1. The Hall–Kier alpha value is -3.34. The fraction of sp³-hybridized carbons (Fsp3) is 0.359. The van der Waals surface area contributed by atoms with Crippen LogP contribution in [0.4, 0.5) is 0 Å². The van der Waals surface area contributed by atoms with Gasteiger partial charge in [0.25, 0.3) is 0 Å². The largest absolute Gasteiger partial charge is 0.481 e. The van der Waals surface area contributed by atoms with Gasteiger partial charge in [-0.1, -0.05) is 78.3 Å². The third-order valence-corrected chi connectivity index (χ3v) is 11.1. The predicted octanol–water partition coefficient (Wildman–Crippen LogP) is 8.71. The molecule has 1 aliphatic carbocycles. The van der Waals surface area contributed by atoms with Gasteiger partial charge in [-0.3, -0.25) is 9.59 Å². The van der Waals surface area contributed by atoms with Gasteiger partial charge in [0.1, 0.15) is 6.04 Å². The summed E-state index contributed by atoms with van der Waals surface area (Å²) in [7, 11) is 0. The molecule has 4 aromatic rings. The Morgan fingerprint density at radius 2 is 1.76 bits per heavy atom. The van der Waals surface area contributed by atoms with Gasteiger partial charge in [0.05, 0.1) is 23.2 Å². The molecule has 49 heavy (non-hydrogen) atoms. The molecule has 1 aromatic heterocycles. The Morgan fingerprint density at radius 1 is 1.02 bits per heavy atom. The number of nitrogens with two attached hydrogens (primary N) is 1. The Labute approximate surface area is 302 Å². The van der Waals surface area contributed by atoms with Gasteiger partial charge in [-0.15, -0.1) is 0 Å². The summed E-state index contributed by atoms with van der Waals surface area (Å²) in [4.78, 5) is 26.2. The molecule has 0 spiro atoms. The number of hydrogen-bond acceptors (Lipinski definition) is 7. The quantitative estimate of drug-likeness (QED) is 0.0952. The zero-order chi connectivity index (χ0) is 35.6. The summed E-state index contributed by atoms with van der Waals surface area (Å²) in [6.45, 7) is 3.66. The van der Waals surface area contributed by atoms with Crippen molar-refractivity contribution in [2.75, 3.05) is 17.8 Å². The van der Waals surface area contributed by atoms with Gasteiger partial charge >= 0.3 is 11.9 Å². The highest BCUT2D eigenvalue weighted by Crippen LogP contribution is 2.53. The Balaban J connectivity index is 0.000000603. The van der Waals surface area contributed by atoms with Crippen LogP contribution in [-0.2, 0) is 21.6 Å². The molecular weight excluding hydrogens is 676 g/mol. The molecule has 0 saturated heterocycles. The molecule has 0 bridgehead atoms. The zero-order valence-electron chi connectivity index (χ0n) is 28.1. The number of halogens is 1. The van der Waals surface area contributed by atoms with Gasteiger partial charge in [-0.25, -0.2) is 4.98 Å². The maximum absolute atomic E-state index is 11.5. The zero-order valence-corrected chi connectivity index (χ0v) is 30.5. The first-order valence-electron chi connectivity index (χ1n) is 16.2. The highest BCUT2D eigenvalue weighted by atomic mass is 35.5. The SMILES string of the molecule is CC(C)(O)c1ccccc1CC[C@@H](SCC1(CC(=O)O)CC1)c1cccc(/C=C/c2ccc3ccc(Cl)cc3n2)c1.CSC[C@H](N)C(=O)O. The number of aliphatic hydroxyl groups is 1. The van der Waals surface area contributed by atoms with E-state index in [0.717, 1.165) is 64.7 Å². The molecule has 1 saturated carbocycles. The molecule has 7 nitrogen and oxygen atoms in total. The third-order valence-electron chi connectivity index (χ3n) is 8.49. The molecule has 0 unspecified atom stereocenters. The van der Waals surface area contributed by atoms with Crippen LogP contribution in [-0.4, -0.2) is 56.0 Å². The molecule has 2 atom stereocenters. The minimum Gasteiger partial charge on any atom is -0.481 e. The van der Waals surface area contributed by atoms with Crippen LogP contribution in [0.3, 0.4) is 0 Å². The van der Waals surface area contributed by atoms with Crippen LogP contribution in [0.5, 0.6) is 0 Å². The molecule has 5 rings (SSSR count). The molecule has 10 heteroatoms. The van der Waals surface area contributed by atoms with E-state index in [1.54, 1.807) is 0 Å². The van der Waals surface area contributed by atoms with Crippen molar-refractivity contribution in [2.45, 2.75) is 62.8 Å². The lowest BCUT2D eigenvalue weighted by molar-refractivity contribution is -0.139. The number of aliphatic carboxylic acids is 2. The van der Waals surface area contributed by atoms with Crippen molar-refractivity contribution < 1.29 is 24.9 Å². The monoisotopic (exact) mass is 720 g/mol. The second-order valence-corrected chi connectivity index (χ2v) is 15.6. The number of carboxylic acids is 2. The minimum atomic E-state index is -0.931. The van der Waals surface area contributed by atoms with Crippen LogP contribution in [0.2, 0.25) is 5.02 Å². The normalized spacial score (nSPS) is 15.0. The van der Waals surface area contributed by atoms with Crippen molar-refractivity contribution in [3.63, 3.8) is 0 Å².